The topological polar surface area (TPSA) is 81.7 Å². The van der Waals surface area contributed by atoms with Crippen LogP contribution >= 0.6 is 35.7 Å². The van der Waals surface area contributed by atoms with Gasteiger partial charge < -0.3 is 9.47 Å². The fraction of sp³-hybridized carbons (Fsp3) is 0.444. The fourth-order valence-corrected chi connectivity index (χ4v) is 4.42. The maximum Gasteiger partial charge on any atom is 0.321 e. The van der Waals surface area contributed by atoms with Crippen molar-refractivity contribution in [2.45, 2.75) is 25.1 Å². The quantitative estimate of drug-likeness (QED) is 0.363. The SMILES string of the molecule is CC(=O)CC(=S)C1(COc2ccccc2OC(=O)CSC(C)=O)NCCS1. The van der Waals surface area contributed by atoms with Gasteiger partial charge in [-0.15, -0.1) is 11.8 Å². The monoisotopic (exact) mass is 427 g/mol. The van der Waals surface area contributed by atoms with Crippen LogP contribution in [0.4, 0.5) is 0 Å². The number of thioether (sulfide) groups is 2. The molecule has 0 radical (unpaired) electrons. The van der Waals surface area contributed by atoms with Gasteiger partial charge in [0.05, 0.1) is 5.75 Å². The van der Waals surface area contributed by atoms with E-state index in [0.717, 1.165) is 24.1 Å². The van der Waals surface area contributed by atoms with Crippen LogP contribution in [0.15, 0.2) is 24.3 Å². The van der Waals surface area contributed by atoms with Crippen molar-refractivity contribution in [1.29, 1.82) is 0 Å². The Balaban J connectivity index is 2.06. The van der Waals surface area contributed by atoms with E-state index in [1.165, 1.54) is 13.8 Å². The first-order valence-electron chi connectivity index (χ1n) is 8.30. The Kier molecular flexibility index (Phi) is 8.28. The van der Waals surface area contributed by atoms with Crippen LogP contribution in [0.2, 0.25) is 0 Å². The van der Waals surface area contributed by atoms with Gasteiger partial charge in [0.2, 0.25) is 0 Å². The third kappa shape index (κ3) is 6.60. The first-order valence-corrected chi connectivity index (χ1v) is 10.7. The highest BCUT2D eigenvalue weighted by Gasteiger charge is 2.40. The van der Waals surface area contributed by atoms with Crippen molar-refractivity contribution in [2.75, 3.05) is 24.7 Å². The Hall–Kier alpha value is -1.42. The molecule has 6 nitrogen and oxygen atoms in total. The maximum atomic E-state index is 11.9. The van der Waals surface area contributed by atoms with Crippen LogP contribution in [0.3, 0.4) is 0 Å². The minimum Gasteiger partial charge on any atom is -0.486 e. The van der Waals surface area contributed by atoms with Crippen LogP contribution in [-0.2, 0) is 14.4 Å². The minimum atomic E-state index is -0.622. The van der Waals surface area contributed by atoms with Gasteiger partial charge in [-0.3, -0.25) is 19.7 Å². The molecule has 9 heteroatoms. The predicted molar refractivity (Wildman–Crippen MR) is 112 cm³/mol. The highest BCUT2D eigenvalue weighted by Crippen LogP contribution is 2.34. The van der Waals surface area contributed by atoms with Crippen LogP contribution in [0.1, 0.15) is 20.3 Å². The van der Waals surface area contributed by atoms with Crippen LogP contribution < -0.4 is 14.8 Å². The first kappa shape index (κ1) is 21.9. The number of ketones is 1. The lowest BCUT2D eigenvalue weighted by Gasteiger charge is -2.29. The lowest BCUT2D eigenvalue weighted by molar-refractivity contribution is -0.131. The number of Topliss-reactive ketones (excluding diaryl/α,β-unsaturated/α-hetero) is 1. The number of hydrogen-bond donors (Lipinski definition) is 1. The summed E-state index contributed by atoms with van der Waals surface area (Å²) in [7, 11) is 0. The second-order valence-corrected chi connectivity index (χ2v) is 8.93. The zero-order valence-electron chi connectivity index (χ0n) is 15.1. The molecule has 1 aromatic carbocycles. The van der Waals surface area contributed by atoms with Gasteiger partial charge in [-0.25, -0.2) is 0 Å². The van der Waals surface area contributed by atoms with Crippen molar-refractivity contribution < 1.29 is 23.9 Å². The molecule has 1 saturated heterocycles. The Morgan fingerprint density at radius 2 is 1.96 bits per heavy atom. The van der Waals surface area contributed by atoms with E-state index in [9.17, 15) is 14.4 Å². The Labute approximate surface area is 172 Å². The number of benzene rings is 1. The fourth-order valence-electron chi connectivity index (χ4n) is 2.40. The van der Waals surface area contributed by atoms with Crippen molar-refractivity contribution >= 4 is 57.5 Å². The van der Waals surface area contributed by atoms with Crippen molar-refractivity contribution in [3.05, 3.63) is 24.3 Å². The summed E-state index contributed by atoms with van der Waals surface area (Å²) in [6, 6.07) is 6.82. The molecule has 0 amide bonds. The molecule has 2 rings (SSSR count). The molecule has 27 heavy (non-hydrogen) atoms. The average Bonchev–Trinajstić information content (AvgIpc) is 3.09. The summed E-state index contributed by atoms with van der Waals surface area (Å²) >= 11 is 7.98. The molecule has 1 aliphatic heterocycles. The molecule has 1 N–H and O–H groups in total. The first-order chi connectivity index (χ1) is 12.8. The number of ether oxygens (including phenoxy) is 2. The maximum absolute atomic E-state index is 11.9. The van der Waals surface area contributed by atoms with Crippen LogP contribution in [0, 0.1) is 0 Å². The van der Waals surface area contributed by atoms with Gasteiger partial charge in [0.25, 0.3) is 0 Å². The van der Waals surface area contributed by atoms with E-state index in [1.807, 2.05) is 0 Å². The third-order valence-corrected chi connectivity index (χ3v) is 6.44. The van der Waals surface area contributed by atoms with Crippen molar-refractivity contribution in [3.8, 4) is 11.5 Å². The van der Waals surface area contributed by atoms with Gasteiger partial charge in [-0.2, -0.15) is 0 Å². The standard InChI is InChI=1S/C18H21NO5S3/c1-12(20)9-16(25)18(19-7-8-27-18)11-23-14-5-3-4-6-15(14)24-17(22)10-26-13(2)21/h3-6,19H,7-11H2,1-2H3. The van der Waals surface area contributed by atoms with E-state index < -0.39 is 10.8 Å². The summed E-state index contributed by atoms with van der Waals surface area (Å²) in [5, 5.41) is 3.18. The minimum absolute atomic E-state index is 0.00553. The molecule has 1 aromatic rings. The number of nitrogens with one attached hydrogen (secondary N) is 1. The van der Waals surface area contributed by atoms with Gasteiger partial charge in [-0.05, 0) is 19.1 Å². The van der Waals surface area contributed by atoms with Gasteiger partial charge in [0.1, 0.15) is 17.3 Å². The zero-order valence-corrected chi connectivity index (χ0v) is 17.6. The van der Waals surface area contributed by atoms with Crippen LogP contribution in [0.5, 0.6) is 11.5 Å². The second kappa shape index (κ2) is 10.2. The second-order valence-electron chi connectivity index (χ2n) is 5.89. The highest BCUT2D eigenvalue weighted by molar-refractivity contribution is 8.14. The highest BCUT2D eigenvalue weighted by atomic mass is 32.2. The van der Waals surface area contributed by atoms with E-state index in [2.05, 4.69) is 5.32 Å². The third-order valence-electron chi connectivity index (χ3n) is 3.62. The zero-order chi connectivity index (χ0) is 19.9. The lowest BCUT2D eigenvalue weighted by Crippen LogP contribution is -2.49. The Morgan fingerprint density at radius 3 is 2.56 bits per heavy atom. The Bertz CT molecular complexity index is 731. The van der Waals surface area contributed by atoms with E-state index in [1.54, 1.807) is 36.0 Å². The van der Waals surface area contributed by atoms with Gasteiger partial charge in [0.15, 0.2) is 16.6 Å². The molecule has 0 aliphatic carbocycles. The number of hydrogen-bond acceptors (Lipinski definition) is 9. The van der Waals surface area contributed by atoms with E-state index in [-0.39, 0.29) is 35.4 Å². The number of para-hydroxylation sites is 2. The molecule has 1 atom stereocenters. The van der Waals surface area contributed by atoms with Crippen molar-refractivity contribution in [3.63, 3.8) is 0 Å². The summed E-state index contributed by atoms with van der Waals surface area (Å²) in [5.74, 6) is 0.959. The summed E-state index contributed by atoms with van der Waals surface area (Å²) in [6.07, 6.45) is 0.206. The molecule has 1 unspecified atom stereocenters. The number of rotatable bonds is 9. The van der Waals surface area contributed by atoms with Crippen molar-refractivity contribution in [2.24, 2.45) is 0 Å². The molecular formula is C18H21NO5S3. The predicted octanol–water partition coefficient (Wildman–Crippen LogP) is 2.63. The van der Waals surface area contributed by atoms with Gasteiger partial charge >= 0.3 is 5.97 Å². The molecular weight excluding hydrogens is 406 g/mol. The van der Waals surface area contributed by atoms with Crippen molar-refractivity contribution in [1.82, 2.24) is 5.32 Å². The van der Waals surface area contributed by atoms with E-state index in [4.69, 9.17) is 21.7 Å². The molecule has 1 aliphatic rings. The van der Waals surface area contributed by atoms with E-state index in [0.29, 0.717) is 10.6 Å². The smallest absolute Gasteiger partial charge is 0.321 e. The van der Waals surface area contributed by atoms with Crippen LogP contribution in [-0.4, -0.2) is 51.3 Å². The average molecular weight is 428 g/mol. The molecule has 0 saturated carbocycles. The molecule has 0 bridgehead atoms. The summed E-state index contributed by atoms with van der Waals surface area (Å²) in [4.78, 5) is 34.3. The summed E-state index contributed by atoms with van der Waals surface area (Å²) < 4.78 is 11.2. The molecule has 0 aromatic heterocycles. The molecule has 1 fully saturated rings. The normalized spacial score (nSPS) is 18.7. The lowest BCUT2D eigenvalue weighted by atomic mass is 10.1. The van der Waals surface area contributed by atoms with E-state index >= 15 is 0 Å². The number of thiocarbonyl (C=S) groups is 1. The number of esters is 1. The molecule has 146 valence electrons. The molecule has 1 heterocycles. The Morgan fingerprint density at radius 1 is 1.26 bits per heavy atom. The number of carbonyl (C=O) groups excluding carboxylic acids is 3. The van der Waals surface area contributed by atoms with Gasteiger partial charge in [-0.1, -0.05) is 36.1 Å². The van der Waals surface area contributed by atoms with Crippen LogP contribution in [0.25, 0.3) is 0 Å². The number of carbonyl (C=O) groups is 3. The molecule has 0 spiro atoms. The summed E-state index contributed by atoms with van der Waals surface area (Å²) in [6.45, 7) is 3.88. The summed E-state index contributed by atoms with van der Waals surface area (Å²) in [5.41, 5.74) is 0. The van der Waals surface area contributed by atoms with Gasteiger partial charge in [0, 0.05) is 30.5 Å². The largest absolute Gasteiger partial charge is 0.486 e.